The van der Waals surface area contributed by atoms with Crippen LogP contribution in [0.15, 0.2) is 42.5 Å². The summed E-state index contributed by atoms with van der Waals surface area (Å²) < 4.78 is 10.3. The maximum Gasteiger partial charge on any atom is 0.338 e. The third-order valence-electron chi connectivity index (χ3n) is 3.30. The zero-order valence-electron chi connectivity index (χ0n) is 12.0. The first-order valence-corrected chi connectivity index (χ1v) is 6.55. The van der Waals surface area contributed by atoms with Gasteiger partial charge in [-0.15, -0.1) is 0 Å². The van der Waals surface area contributed by atoms with Crippen molar-refractivity contribution in [2.45, 2.75) is 13.3 Å². The van der Waals surface area contributed by atoms with Crippen LogP contribution in [0.25, 0.3) is 11.1 Å². The van der Waals surface area contributed by atoms with Crippen LogP contribution in [0.2, 0.25) is 0 Å². The van der Waals surface area contributed by atoms with Crippen molar-refractivity contribution >= 4 is 5.97 Å². The SMILES string of the molecule is CCc1cc(-c2ccccc2)c(OC)cc1C(=O)OC. The van der Waals surface area contributed by atoms with Gasteiger partial charge in [-0.05, 0) is 29.7 Å². The summed E-state index contributed by atoms with van der Waals surface area (Å²) in [6.45, 7) is 2.02. The molecule has 0 heterocycles. The van der Waals surface area contributed by atoms with Crippen molar-refractivity contribution in [1.29, 1.82) is 0 Å². The van der Waals surface area contributed by atoms with Gasteiger partial charge in [0.1, 0.15) is 5.75 Å². The zero-order valence-corrected chi connectivity index (χ0v) is 12.0. The van der Waals surface area contributed by atoms with E-state index in [9.17, 15) is 4.79 Å². The fourth-order valence-electron chi connectivity index (χ4n) is 2.23. The van der Waals surface area contributed by atoms with E-state index in [1.54, 1.807) is 13.2 Å². The topological polar surface area (TPSA) is 35.5 Å². The van der Waals surface area contributed by atoms with Gasteiger partial charge in [-0.2, -0.15) is 0 Å². The first kappa shape index (κ1) is 14.1. The molecule has 2 aromatic carbocycles. The molecule has 0 unspecified atom stereocenters. The van der Waals surface area contributed by atoms with Crippen molar-refractivity contribution in [2.24, 2.45) is 0 Å². The Hall–Kier alpha value is -2.29. The van der Waals surface area contributed by atoms with Crippen LogP contribution in [0.4, 0.5) is 0 Å². The summed E-state index contributed by atoms with van der Waals surface area (Å²) in [5.41, 5.74) is 3.57. The van der Waals surface area contributed by atoms with Crippen LogP contribution in [-0.2, 0) is 11.2 Å². The Bertz CT molecular complexity index is 603. The quantitative estimate of drug-likeness (QED) is 0.794. The predicted octanol–water partition coefficient (Wildman–Crippen LogP) is 3.71. The number of methoxy groups -OCH3 is 2. The van der Waals surface area contributed by atoms with Gasteiger partial charge in [0.05, 0.1) is 19.8 Å². The number of benzene rings is 2. The molecule has 3 nitrogen and oxygen atoms in total. The van der Waals surface area contributed by atoms with Crippen molar-refractivity contribution < 1.29 is 14.3 Å². The molecule has 0 aliphatic heterocycles. The Morgan fingerprint density at radius 2 is 1.80 bits per heavy atom. The highest BCUT2D eigenvalue weighted by Gasteiger charge is 2.16. The Kier molecular flexibility index (Phi) is 4.41. The van der Waals surface area contributed by atoms with Crippen molar-refractivity contribution in [3.8, 4) is 16.9 Å². The molecule has 0 bridgehead atoms. The smallest absolute Gasteiger partial charge is 0.338 e. The van der Waals surface area contributed by atoms with Gasteiger partial charge in [-0.1, -0.05) is 37.3 Å². The van der Waals surface area contributed by atoms with E-state index in [1.807, 2.05) is 43.3 Å². The van der Waals surface area contributed by atoms with E-state index in [1.165, 1.54) is 7.11 Å². The van der Waals surface area contributed by atoms with Gasteiger partial charge in [-0.3, -0.25) is 0 Å². The average molecular weight is 270 g/mol. The lowest BCUT2D eigenvalue weighted by molar-refractivity contribution is 0.0599. The molecule has 0 amide bonds. The lowest BCUT2D eigenvalue weighted by Crippen LogP contribution is -2.06. The van der Waals surface area contributed by atoms with Crippen molar-refractivity contribution in [1.82, 2.24) is 0 Å². The molecular formula is C17H18O3. The molecule has 0 spiro atoms. The van der Waals surface area contributed by atoms with E-state index in [2.05, 4.69) is 0 Å². The monoisotopic (exact) mass is 270 g/mol. The fraction of sp³-hybridized carbons (Fsp3) is 0.235. The Balaban J connectivity index is 2.62. The molecular weight excluding hydrogens is 252 g/mol. The first-order chi connectivity index (χ1) is 9.71. The number of carbonyl (C=O) groups is 1. The standard InChI is InChI=1S/C17H18O3/c1-4-12-10-14(13-8-6-5-7-9-13)16(19-2)11-15(12)17(18)20-3/h5-11H,4H2,1-3H3. The van der Waals surface area contributed by atoms with Gasteiger partial charge in [0, 0.05) is 5.56 Å². The molecule has 0 saturated heterocycles. The number of rotatable bonds is 4. The minimum atomic E-state index is -0.334. The molecule has 0 saturated carbocycles. The van der Waals surface area contributed by atoms with Gasteiger partial charge >= 0.3 is 5.97 Å². The van der Waals surface area contributed by atoms with Crippen LogP contribution in [0, 0.1) is 0 Å². The van der Waals surface area contributed by atoms with Crippen LogP contribution >= 0.6 is 0 Å². The van der Waals surface area contributed by atoms with Crippen molar-refractivity contribution in [3.05, 3.63) is 53.6 Å². The summed E-state index contributed by atoms with van der Waals surface area (Å²) >= 11 is 0. The second-order valence-electron chi connectivity index (χ2n) is 4.42. The third-order valence-corrected chi connectivity index (χ3v) is 3.30. The largest absolute Gasteiger partial charge is 0.496 e. The normalized spacial score (nSPS) is 10.2. The van der Waals surface area contributed by atoms with E-state index in [-0.39, 0.29) is 5.97 Å². The first-order valence-electron chi connectivity index (χ1n) is 6.55. The number of esters is 1. The highest BCUT2D eigenvalue weighted by atomic mass is 16.5. The van der Waals surface area contributed by atoms with E-state index in [0.717, 1.165) is 23.1 Å². The second-order valence-corrected chi connectivity index (χ2v) is 4.42. The second kappa shape index (κ2) is 6.24. The molecule has 3 heteroatoms. The molecule has 0 atom stereocenters. The minimum absolute atomic E-state index is 0.334. The molecule has 2 rings (SSSR count). The summed E-state index contributed by atoms with van der Waals surface area (Å²) in [4.78, 5) is 11.8. The zero-order chi connectivity index (χ0) is 14.5. The highest BCUT2D eigenvalue weighted by molar-refractivity contribution is 5.93. The summed E-state index contributed by atoms with van der Waals surface area (Å²) in [5, 5.41) is 0. The Labute approximate surface area is 119 Å². The Morgan fingerprint density at radius 1 is 1.10 bits per heavy atom. The van der Waals surface area contributed by atoms with E-state index in [0.29, 0.717) is 11.3 Å². The number of hydrogen-bond acceptors (Lipinski definition) is 3. The van der Waals surface area contributed by atoms with E-state index < -0.39 is 0 Å². The predicted molar refractivity (Wildman–Crippen MR) is 79.1 cm³/mol. The molecule has 0 aliphatic carbocycles. The number of ether oxygens (including phenoxy) is 2. The maximum absolute atomic E-state index is 11.8. The number of hydrogen-bond donors (Lipinski definition) is 0. The molecule has 0 aliphatic rings. The summed E-state index contributed by atoms with van der Waals surface area (Å²) in [6.07, 6.45) is 0.758. The van der Waals surface area contributed by atoms with Gasteiger partial charge in [0.25, 0.3) is 0 Å². The van der Waals surface area contributed by atoms with Crippen molar-refractivity contribution in [2.75, 3.05) is 14.2 Å². The molecule has 2 aromatic rings. The molecule has 0 N–H and O–H groups in total. The van der Waals surface area contributed by atoms with Gasteiger partial charge in [-0.25, -0.2) is 4.79 Å². The van der Waals surface area contributed by atoms with Gasteiger partial charge < -0.3 is 9.47 Å². The molecule has 104 valence electrons. The van der Waals surface area contributed by atoms with Gasteiger partial charge in [0.15, 0.2) is 0 Å². The molecule has 20 heavy (non-hydrogen) atoms. The minimum Gasteiger partial charge on any atom is -0.496 e. The summed E-state index contributed by atoms with van der Waals surface area (Å²) in [7, 11) is 2.99. The van der Waals surface area contributed by atoms with Crippen LogP contribution in [0.1, 0.15) is 22.8 Å². The fourth-order valence-corrected chi connectivity index (χ4v) is 2.23. The van der Waals surface area contributed by atoms with E-state index >= 15 is 0 Å². The lowest BCUT2D eigenvalue weighted by Gasteiger charge is -2.14. The van der Waals surface area contributed by atoms with Crippen LogP contribution in [0.5, 0.6) is 5.75 Å². The summed E-state index contributed by atoms with van der Waals surface area (Å²) in [6, 6.07) is 13.7. The molecule has 0 aromatic heterocycles. The number of aryl methyl sites for hydroxylation is 1. The summed E-state index contributed by atoms with van der Waals surface area (Å²) in [5.74, 6) is 0.341. The average Bonchev–Trinajstić information content (AvgIpc) is 2.53. The van der Waals surface area contributed by atoms with Gasteiger partial charge in [0.2, 0.25) is 0 Å². The van der Waals surface area contributed by atoms with E-state index in [4.69, 9.17) is 9.47 Å². The highest BCUT2D eigenvalue weighted by Crippen LogP contribution is 2.33. The third kappa shape index (κ3) is 2.67. The molecule has 0 fully saturated rings. The Morgan fingerprint density at radius 3 is 2.35 bits per heavy atom. The molecule has 0 radical (unpaired) electrons. The van der Waals surface area contributed by atoms with Crippen LogP contribution < -0.4 is 4.74 Å². The van der Waals surface area contributed by atoms with Crippen molar-refractivity contribution in [3.63, 3.8) is 0 Å². The lowest BCUT2D eigenvalue weighted by atomic mass is 9.96. The van der Waals surface area contributed by atoms with Crippen LogP contribution in [-0.4, -0.2) is 20.2 Å². The number of carbonyl (C=O) groups excluding carboxylic acids is 1. The maximum atomic E-state index is 11.8. The van der Waals surface area contributed by atoms with Crippen LogP contribution in [0.3, 0.4) is 0 Å².